The van der Waals surface area contributed by atoms with Crippen LogP contribution in [0.25, 0.3) is 17.1 Å². The molecule has 11 nitrogen and oxygen atoms in total. The molecule has 4 aromatic rings. The molecule has 0 unspecified atom stereocenters. The number of benzene rings is 1. The van der Waals surface area contributed by atoms with E-state index in [4.69, 9.17) is 9.47 Å². The number of nitrogens with zero attached hydrogens (tertiary/aromatic N) is 7. The van der Waals surface area contributed by atoms with Gasteiger partial charge in [-0.2, -0.15) is 5.10 Å². The van der Waals surface area contributed by atoms with Gasteiger partial charge in [0.25, 0.3) is 0 Å². The van der Waals surface area contributed by atoms with Crippen molar-refractivity contribution in [1.82, 2.24) is 34.5 Å². The van der Waals surface area contributed by atoms with Crippen molar-refractivity contribution in [3.8, 4) is 22.8 Å². The van der Waals surface area contributed by atoms with Gasteiger partial charge in [0.05, 0.1) is 35.9 Å². The lowest BCUT2D eigenvalue weighted by molar-refractivity contribution is 0.00141. The first kappa shape index (κ1) is 27.9. The molecule has 0 N–H and O–H groups in total. The van der Waals surface area contributed by atoms with E-state index in [0.717, 1.165) is 41.8 Å². The Morgan fingerprint density at radius 3 is 2.50 bits per heavy atom. The molecule has 5 rings (SSSR count). The molecule has 0 aliphatic carbocycles. The third-order valence-electron chi connectivity index (χ3n) is 7.14. The molecule has 0 spiro atoms. The SMILES string of the molecule is COc1cccc(C)c1-n1c(CS(=O)(=O)[C@@H](C)[C@@H](OC(C)C)c2ncc(C)cn2)nnc1-c1cnn2c1CCC2. The fourth-order valence-electron chi connectivity index (χ4n) is 5.08. The Morgan fingerprint density at radius 2 is 1.80 bits per heavy atom. The second-order valence-electron chi connectivity index (χ2n) is 10.5. The lowest BCUT2D eigenvalue weighted by atomic mass is 10.1. The number of sulfone groups is 1. The van der Waals surface area contributed by atoms with Gasteiger partial charge in [-0.3, -0.25) is 9.25 Å². The maximum absolute atomic E-state index is 14.0. The molecular formula is C28H35N7O4S. The molecular weight excluding hydrogens is 530 g/mol. The minimum atomic E-state index is -3.84. The van der Waals surface area contributed by atoms with Crippen LogP contribution in [0.3, 0.4) is 0 Å². The Hall–Kier alpha value is -3.64. The largest absolute Gasteiger partial charge is 0.495 e. The van der Waals surface area contributed by atoms with Crippen molar-refractivity contribution in [1.29, 1.82) is 0 Å². The average Bonchev–Trinajstić information content (AvgIpc) is 3.63. The zero-order valence-corrected chi connectivity index (χ0v) is 24.5. The van der Waals surface area contributed by atoms with Gasteiger partial charge in [0.2, 0.25) is 0 Å². The first-order valence-electron chi connectivity index (χ1n) is 13.4. The molecule has 2 atom stereocenters. The second-order valence-corrected chi connectivity index (χ2v) is 12.8. The number of aromatic nitrogens is 7. The van der Waals surface area contributed by atoms with Crippen molar-refractivity contribution in [2.24, 2.45) is 0 Å². The zero-order valence-electron chi connectivity index (χ0n) is 23.7. The van der Waals surface area contributed by atoms with Gasteiger partial charge in [0, 0.05) is 24.6 Å². The normalized spacial score (nSPS) is 14.9. The van der Waals surface area contributed by atoms with Crippen molar-refractivity contribution in [3.63, 3.8) is 0 Å². The first-order valence-corrected chi connectivity index (χ1v) is 15.1. The van der Waals surface area contributed by atoms with Crippen molar-refractivity contribution < 1.29 is 17.9 Å². The summed E-state index contributed by atoms with van der Waals surface area (Å²) >= 11 is 0. The minimum Gasteiger partial charge on any atom is -0.495 e. The summed E-state index contributed by atoms with van der Waals surface area (Å²) in [4.78, 5) is 8.77. The third kappa shape index (κ3) is 5.25. The number of hydrogen-bond acceptors (Lipinski definition) is 9. The number of methoxy groups -OCH3 is 1. The van der Waals surface area contributed by atoms with Crippen LogP contribution in [-0.4, -0.2) is 61.4 Å². The van der Waals surface area contributed by atoms with Gasteiger partial charge in [0.15, 0.2) is 27.3 Å². The molecule has 0 fully saturated rings. The number of para-hydroxylation sites is 1. The molecule has 3 aromatic heterocycles. The van der Waals surface area contributed by atoms with Crippen LogP contribution in [0, 0.1) is 13.8 Å². The first-order chi connectivity index (χ1) is 19.1. The lowest BCUT2D eigenvalue weighted by Gasteiger charge is -2.25. The van der Waals surface area contributed by atoms with Gasteiger partial charge < -0.3 is 9.47 Å². The van der Waals surface area contributed by atoms with E-state index in [0.29, 0.717) is 23.1 Å². The number of ether oxygens (including phenoxy) is 2. The summed E-state index contributed by atoms with van der Waals surface area (Å²) in [5, 5.41) is 12.5. The standard InChI is InChI=1S/C28H35N7O4S/c1-17(2)39-26(27-29-13-18(3)14-30-27)20(5)40(36,37)16-24-32-33-28(21-15-31-34-12-8-10-22(21)34)35(24)25-19(4)9-7-11-23(25)38-6/h7,9,11,13-15,17,20,26H,8,10,12,16H2,1-6H3/t20-,26+/m0/s1. The van der Waals surface area contributed by atoms with Crippen LogP contribution >= 0.6 is 0 Å². The summed E-state index contributed by atoms with van der Waals surface area (Å²) in [5.41, 5.74) is 4.36. The van der Waals surface area contributed by atoms with Crippen LogP contribution in [0.2, 0.25) is 0 Å². The molecule has 1 aliphatic heterocycles. The van der Waals surface area contributed by atoms with E-state index in [-0.39, 0.29) is 17.7 Å². The van der Waals surface area contributed by atoms with E-state index in [1.807, 2.05) is 50.6 Å². The van der Waals surface area contributed by atoms with Crippen molar-refractivity contribution in [2.45, 2.75) is 77.2 Å². The van der Waals surface area contributed by atoms with E-state index < -0.39 is 21.2 Å². The molecule has 0 saturated carbocycles. The van der Waals surface area contributed by atoms with Crippen LogP contribution in [0.1, 0.15) is 61.8 Å². The van der Waals surface area contributed by atoms with E-state index in [9.17, 15) is 8.42 Å². The molecule has 0 radical (unpaired) electrons. The Bertz CT molecular complexity index is 1610. The van der Waals surface area contributed by atoms with E-state index >= 15 is 0 Å². The Morgan fingerprint density at radius 1 is 1.05 bits per heavy atom. The predicted molar refractivity (Wildman–Crippen MR) is 150 cm³/mol. The highest BCUT2D eigenvalue weighted by Crippen LogP contribution is 2.35. The highest BCUT2D eigenvalue weighted by atomic mass is 32.2. The highest BCUT2D eigenvalue weighted by Gasteiger charge is 2.36. The second kappa shape index (κ2) is 11.1. The summed E-state index contributed by atoms with van der Waals surface area (Å²) in [6.07, 6.45) is 5.88. The molecule has 1 aliphatic rings. The number of aryl methyl sites for hydroxylation is 3. The molecule has 0 amide bonds. The zero-order chi connectivity index (χ0) is 28.6. The van der Waals surface area contributed by atoms with Crippen LogP contribution in [0.5, 0.6) is 5.75 Å². The van der Waals surface area contributed by atoms with Gasteiger partial charge >= 0.3 is 0 Å². The molecule has 0 bridgehead atoms. The van der Waals surface area contributed by atoms with Crippen LogP contribution in [0.15, 0.2) is 36.8 Å². The van der Waals surface area contributed by atoms with Crippen LogP contribution < -0.4 is 4.74 Å². The predicted octanol–water partition coefficient (Wildman–Crippen LogP) is 3.96. The summed E-state index contributed by atoms with van der Waals surface area (Å²) in [5.74, 6) is 1.36. The van der Waals surface area contributed by atoms with Gasteiger partial charge in [0.1, 0.15) is 17.6 Å². The highest BCUT2D eigenvalue weighted by molar-refractivity contribution is 7.91. The van der Waals surface area contributed by atoms with Gasteiger partial charge in [-0.15, -0.1) is 10.2 Å². The summed E-state index contributed by atoms with van der Waals surface area (Å²) in [7, 11) is -2.25. The Kier molecular flexibility index (Phi) is 7.74. The molecule has 1 aromatic carbocycles. The lowest BCUT2D eigenvalue weighted by Crippen LogP contribution is -2.32. The van der Waals surface area contributed by atoms with E-state index in [1.165, 1.54) is 0 Å². The molecule has 0 saturated heterocycles. The fourth-order valence-corrected chi connectivity index (χ4v) is 6.45. The topological polar surface area (TPSA) is 127 Å². The van der Waals surface area contributed by atoms with Gasteiger partial charge in [-0.25, -0.2) is 18.4 Å². The fraction of sp³-hybridized carbons (Fsp3) is 0.464. The van der Waals surface area contributed by atoms with E-state index in [2.05, 4.69) is 25.3 Å². The van der Waals surface area contributed by atoms with Crippen LogP contribution in [-0.2, 0) is 33.3 Å². The monoisotopic (exact) mass is 565 g/mol. The Balaban J connectivity index is 1.60. The number of fused-ring (bicyclic) bond motifs is 1. The van der Waals surface area contributed by atoms with Gasteiger partial charge in [-0.1, -0.05) is 12.1 Å². The third-order valence-corrected chi connectivity index (χ3v) is 9.19. The molecule has 212 valence electrons. The maximum Gasteiger partial charge on any atom is 0.172 e. The van der Waals surface area contributed by atoms with Crippen molar-refractivity contribution in [3.05, 3.63) is 65.3 Å². The molecule has 4 heterocycles. The maximum atomic E-state index is 14.0. The van der Waals surface area contributed by atoms with Crippen LogP contribution in [0.4, 0.5) is 0 Å². The summed E-state index contributed by atoms with van der Waals surface area (Å²) in [6.45, 7) is 10.0. The number of rotatable bonds is 10. The van der Waals surface area contributed by atoms with Crippen molar-refractivity contribution in [2.75, 3.05) is 7.11 Å². The van der Waals surface area contributed by atoms with Crippen molar-refractivity contribution >= 4 is 9.84 Å². The van der Waals surface area contributed by atoms with E-state index in [1.54, 1.807) is 37.2 Å². The quantitative estimate of drug-likeness (QED) is 0.281. The Labute approximate surface area is 234 Å². The smallest absolute Gasteiger partial charge is 0.172 e. The van der Waals surface area contributed by atoms with Gasteiger partial charge in [-0.05, 0) is 64.7 Å². The minimum absolute atomic E-state index is 0.233. The molecule has 12 heteroatoms. The average molecular weight is 566 g/mol. The molecule has 40 heavy (non-hydrogen) atoms. The number of hydrogen-bond donors (Lipinski definition) is 0. The summed E-state index contributed by atoms with van der Waals surface area (Å²) < 4.78 is 43.6. The summed E-state index contributed by atoms with van der Waals surface area (Å²) in [6, 6.07) is 5.69.